The van der Waals surface area contributed by atoms with Gasteiger partial charge in [-0.2, -0.15) is 5.10 Å². The molecule has 1 aliphatic rings. The molecule has 0 spiro atoms. The summed E-state index contributed by atoms with van der Waals surface area (Å²) in [6.07, 6.45) is 1.42. The average molecular weight is 607 g/mol. The van der Waals surface area contributed by atoms with Crippen molar-refractivity contribution in [2.75, 3.05) is 20.3 Å². The maximum atomic E-state index is 13.2. The van der Waals surface area contributed by atoms with Crippen molar-refractivity contribution in [2.24, 2.45) is 5.10 Å². The molecule has 0 saturated heterocycles. The number of hydrogen-bond donors (Lipinski definition) is 3. The van der Waals surface area contributed by atoms with Gasteiger partial charge in [0.15, 0.2) is 23.2 Å². The average Bonchev–Trinajstić information content (AvgIpc) is 2.99. The Balaban J connectivity index is 1.43. The molecule has 1 amide bonds. The predicted molar refractivity (Wildman–Crippen MR) is 162 cm³/mol. The van der Waals surface area contributed by atoms with Crippen LogP contribution >= 0.6 is 12.2 Å². The number of halogens is 1. The molecule has 10 nitrogen and oxygen atoms in total. The fraction of sp³-hybridized carbons (Fsp3) is 0.226. The number of carbonyl (C=O) groups is 2. The van der Waals surface area contributed by atoms with Crippen LogP contribution in [0.15, 0.2) is 83.1 Å². The third-order valence-electron chi connectivity index (χ3n) is 6.27. The zero-order valence-electron chi connectivity index (χ0n) is 23.8. The highest BCUT2D eigenvalue weighted by Gasteiger charge is 2.32. The standard InChI is InChI=1S/C31H31FN4O6S/c1-4-40-30(38)27-19(2)34-31(43)35-28(27)23-9-5-6-10-24(23)41-18-26(37)36-33-16-21-8-7-11-25(39-3)29(21)42-17-20-12-14-22(32)15-13-20/h5-16,28H,4,17-18H2,1-3H3,(H,36,37)(H2,34,35,43)/t28-/m0/s1. The summed E-state index contributed by atoms with van der Waals surface area (Å²) in [5.41, 5.74) is 5.28. The summed E-state index contributed by atoms with van der Waals surface area (Å²) >= 11 is 5.31. The van der Waals surface area contributed by atoms with Crippen molar-refractivity contribution in [3.63, 3.8) is 0 Å². The highest BCUT2D eigenvalue weighted by Crippen LogP contribution is 2.34. The van der Waals surface area contributed by atoms with Crippen LogP contribution in [-0.2, 0) is 20.9 Å². The number of ether oxygens (including phenoxy) is 4. The number of esters is 1. The van der Waals surface area contributed by atoms with E-state index in [4.69, 9.17) is 31.2 Å². The van der Waals surface area contributed by atoms with Gasteiger partial charge in [-0.3, -0.25) is 4.79 Å². The second-order valence-corrected chi connectivity index (χ2v) is 9.61. The van der Waals surface area contributed by atoms with Crippen molar-refractivity contribution < 1.29 is 32.9 Å². The van der Waals surface area contributed by atoms with Gasteiger partial charge >= 0.3 is 5.97 Å². The number of thiocarbonyl (C=S) groups is 1. The Morgan fingerprint density at radius 3 is 2.53 bits per heavy atom. The number of hydrazone groups is 1. The first-order chi connectivity index (χ1) is 20.8. The third-order valence-corrected chi connectivity index (χ3v) is 6.49. The molecule has 0 fully saturated rings. The molecule has 0 aromatic heterocycles. The molecule has 0 bridgehead atoms. The number of nitrogens with zero attached hydrogens (tertiary/aromatic N) is 1. The van der Waals surface area contributed by atoms with E-state index in [0.29, 0.717) is 44.8 Å². The topological polar surface area (TPSA) is 120 Å². The predicted octanol–water partition coefficient (Wildman–Crippen LogP) is 4.30. The fourth-order valence-electron chi connectivity index (χ4n) is 4.29. The van der Waals surface area contributed by atoms with Crippen LogP contribution in [0.25, 0.3) is 0 Å². The van der Waals surface area contributed by atoms with Crippen molar-refractivity contribution in [3.8, 4) is 17.2 Å². The van der Waals surface area contributed by atoms with Gasteiger partial charge in [0.05, 0.1) is 31.5 Å². The normalized spacial score (nSPS) is 14.5. The molecule has 3 N–H and O–H groups in total. The van der Waals surface area contributed by atoms with Crippen LogP contribution in [0, 0.1) is 5.82 Å². The van der Waals surface area contributed by atoms with Gasteiger partial charge in [-0.1, -0.05) is 36.4 Å². The maximum Gasteiger partial charge on any atom is 0.338 e. The summed E-state index contributed by atoms with van der Waals surface area (Å²) in [5.74, 6) is -0.0950. The van der Waals surface area contributed by atoms with Crippen LogP contribution < -0.4 is 30.3 Å². The van der Waals surface area contributed by atoms with E-state index in [0.717, 1.165) is 5.56 Å². The number of methoxy groups -OCH3 is 1. The molecular weight excluding hydrogens is 575 g/mol. The largest absolute Gasteiger partial charge is 0.493 e. The number of allylic oxidation sites excluding steroid dienone is 1. The monoisotopic (exact) mass is 606 g/mol. The minimum absolute atomic E-state index is 0.171. The van der Waals surface area contributed by atoms with Crippen molar-refractivity contribution in [1.82, 2.24) is 16.1 Å². The molecule has 1 heterocycles. The Morgan fingerprint density at radius 1 is 1.05 bits per heavy atom. The third kappa shape index (κ3) is 8.07. The molecule has 43 heavy (non-hydrogen) atoms. The SMILES string of the molecule is CCOC(=O)C1=C(C)NC(=S)N[C@H]1c1ccccc1OCC(=O)NN=Cc1cccc(OC)c1OCc1ccc(F)cc1. The summed E-state index contributed by atoms with van der Waals surface area (Å²) in [5, 5.41) is 10.4. The molecule has 1 atom stereocenters. The van der Waals surface area contributed by atoms with Crippen LogP contribution in [0.5, 0.6) is 17.2 Å². The Kier molecular flexibility index (Phi) is 10.6. The maximum absolute atomic E-state index is 13.2. The quantitative estimate of drug-likeness (QED) is 0.120. The van der Waals surface area contributed by atoms with E-state index in [-0.39, 0.29) is 25.6 Å². The highest BCUT2D eigenvalue weighted by atomic mass is 32.1. The summed E-state index contributed by atoms with van der Waals surface area (Å²) < 4.78 is 35.7. The minimum atomic E-state index is -0.647. The van der Waals surface area contributed by atoms with Gasteiger partial charge < -0.3 is 29.6 Å². The lowest BCUT2D eigenvalue weighted by Gasteiger charge is -2.30. The minimum Gasteiger partial charge on any atom is -0.493 e. The Morgan fingerprint density at radius 2 is 1.79 bits per heavy atom. The first kappa shape index (κ1) is 31.0. The van der Waals surface area contributed by atoms with Gasteiger partial charge in [0.2, 0.25) is 0 Å². The summed E-state index contributed by atoms with van der Waals surface area (Å²) in [4.78, 5) is 25.4. The summed E-state index contributed by atoms with van der Waals surface area (Å²) in [6.45, 7) is 3.50. The molecule has 1 aliphatic heterocycles. The van der Waals surface area contributed by atoms with Gasteiger partial charge in [0, 0.05) is 16.8 Å². The molecule has 12 heteroatoms. The molecule has 224 valence electrons. The smallest absolute Gasteiger partial charge is 0.338 e. The van der Waals surface area contributed by atoms with E-state index < -0.39 is 17.9 Å². The number of hydrogen-bond acceptors (Lipinski definition) is 8. The van der Waals surface area contributed by atoms with Crippen LogP contribution in [-0.4, -0.2) is 43.5 Å². The zero-order chi connectivity index (χ0) is 30.8. The van der Waals surface area contributed by atoms with Crippen molar-refractivity contribution in [3.05, 3.63) is 101 Å². The van der Waals surface area contributed by atoms with Crippen LogP contribution in [0.3, 0.4) is 0 Å². The first-order valence-corrected chi connectivity index (χ1v) is 13.7. The Hall–Kier alpha value is -4.97. The van der Waals surface area contributed by atoms with Crippen molar-refractivity contribution in [2.45, 2.75) is 26.5 Å². The second-order valence-electron chi connectivity index (χ2n) is 9.20. The lowest BCUT2D eigenvalue weighted by Crippen LogP contribution is -2.45. The van der Waals surface area contributed by atoms with E-state index in [1.54, 1.807) is 68.4 Å². The molecule has 0 aliphatic carbocycles. The van der Waals surface area contributed by atoms with E-state index in [1.807, 2.05) is 0 Å². The van der Waals surface area contributed by atoms with Gasteiger partial charge in [0.1, 0.15) is 18.2 Å². The fourth-order valence-corrected chi connectivity index (χ4v) is 4.56. The number of para-hydroxylation sites is 2. The summed E-state index contributed by atoms with van der Waals surface area (Å²) in [6, 6.07) is 17.6. The first-order valence-electron chi connectivity index (χ1n) is 13.3. The number of amides is 1. The van der Waals surface area contributed by atoms with E-state index >= 15 is 0 Å². The van der Waals surface area contributed by atoms with Crippen molar-refractivity contribution >= 4 is 35.4 Å². The lowest BCUT2D eigenvalue weighted by atomic mass is 9.95. The van der Waals surface area contributed by atoms with Gasteiger partial charge in [-0.15, -0.1) is 0 Å². The van der Waals surface area contributed by atoms with Crippen LogP contribution in [0.2, 0.25) is 0 Å². The lowest BCUT2D eigenvalue weighted by molar-refractivity contribution is -0.139. The summed E-state index contributed by atoms with van der Waals surface area (Å²) in [7, 11) is 1.51. The molecule has 0 unspecified atom stereocenters. The van der Waals surface area contributed by atoms with Gasteiger partial charge in [0.25, 0.3) is 5.91 Å². The van der Waals surface area contributed by atoms with Gasteiger partial charge in [-0.25, -0.2) is 14.6 Å². The van der Waals surface area contributed by atoms with Crippen LogP contribution in [0.1, 0.15) is 36.6 Å². The number of nitrogens with one attached hydrogen (secondary N) is 3. The van der Waals surface area contributed by atoms with E-state index in [9.17, 15) is 14.0 Å². The van der Waals surface area contributed by atoms with Crippen molar-refractivity contribution in [1.29, 1.82) is 0 Å². The highest BCUT2D eigenvalue weighted by molar-refractivity contribution is 7.80. The molecule has 4 rings (SSSR count). The Labute approximate surface area is 253 Å². The molecular formula is C31H31FN4O6S. The molecule has 0 saturated carbocycles. The van der Waals surface area contributed by atoms with E-state index in [2.05, 4.69) is 21.2 Å². The van der Waals surface area contributed by atoms with Crippen LogP contribution in [0.4, 0.5) is 4.39 Å². The molecule has 0 radical (unpaired) electrons. The number of carbonyl (C=O) groups excluding carboxylic acids is 2. The number of benzene rings is 3. The van der Waals surface area contributed by atoms with Gasteiger partial charge in [-0.05, 0) is 62.0 Å². The second kappa shape index (κ2) is 14.8. The van der Waals surface area contributed by atoms with E-state index in [1.165, 1.54) is 25.5 Å². The number of rotatable bonds is 12. The zero-order valence-corrected chi connectivity index (χ0v) is 24.6. The molecule has 3 aromatic rings. The Bertz CT molecular complexity index is 1540. The molecule has 3 aromatic carbocycles.